The molecular formula is C14H17BrO3S. The molecule has 1 aliphatic rings. The summed E-state index contributed by atoms with van der Waals surface area (Å²) in [5.41, 5.74) is 0.654. The van der Waals surface area contributed by atoms with Crippen molar-refractivity contribution in [3.63, 3.8) is 0 Å². The average molecular weight is 345 g/mol. The Morgan fingerprint density at radius 3 is 2.58 bits per heavy atom. The van der Waals surface area contributed by atoms with E-state index in [2.05, 4.69) is 15.9 Å². The molecule has 1 aromatic rings. The first-order chi connectivity index (χ1) is 8.89. The van der Waals surface area contributed by atoms with Gasteiger partial charge in [-0.25, -0.2) is 8.42 Å². The first-order valence-corrected chi connectivity index (χ1v) is 9.12. The molecule has 2 unspecified atom stereocenters. The number of hydrogen-bond donors (Lipinski definition) is 0. The summed E-state index contributed by atoms with van der Waals surface area (Å²) in [5, 5.41) is -0.363. The lowest BCUT2D eigenvalue weighted by atomic mass is 9.83. The maximum absolute atomic E-state index is 12.5. The highest BCUT2D eigenvalue weighted by Gasteiger charge is 2.33. The zero-order valence-corrected chi connectivity index (χ0v) is 13.2. The monoisotopic (exact) mass is 344 g/mol. The van der Waals surface area contributed by atoms with Crippen molar-refractivity contribution in [1.82, 2.24) is 0 Å². The van der Waals surface area contributed by atoms with Gasteiger partial charge in [0.05, 0.1) is 5.25 Å². The second kappa shape index (κ2) is 5.75. The quantitative estimate of drug-likeness (QED) is 0.791. The molecule has 5 heteroatoms. The molecule has 0 spiro atoms. The van der Waals surface area contributed by atoms with Gasteiger partial charge < -0.3 is 0 Å². The van der Waals surface area contributed by atoms with Crippen LogP contribution in [-0.4, -0.2) is 25.7 Å². The Kier molecular flexibility index (Phi) is 4.46. The van der Waals surface area contributed by atoms with E-state index in [1.807, 2.05) is 18.2 Å². The van der Waals surface area contributed by atoms with E-state index >= 15 is 0 Å². The predicted octanol–water partition coefficient (Wildman–Crippen LogP) is 3.24. The predicted molar refractivity (Wildman–Crippen MR) is 79.1 cm³/mol. The van der Waals surface area contributed by atoms with Gasteiger partial charge in [-0.15, -0.1) is 0 Å². The molecule has 0 radical (unpaired) electrons. The van der Waals surface area contributed by atoms with E-state index < -0.39 is 9.84 Å². The van der Waals surface area contributed by atoms with Crippen molar-refractivity contribution >= 4 is 31.6 Å². The molecule has 1 saturated carbocycles. The van der Waals surface area contributed by atoms with Gasteiger partial charge in [-0.3, -0.25) is 4.79 Å². The fraction of sp³-hybridized carbons (Fsp3) is 0.500. The smallest absolute Gasteiger partial charge is 0.167 e. The van der Waals surface area contributed by atoms with Crippen molar-refractivity contribution in [2.45, 2.75) is 30.9 Å². The maximum Gasteiger partial charge on any atom is 0.167 e. The van der Waals surface area contributed by atoms with Crippen LogP contribution in [0.15, 0.2) is 28.7 Å². The van der Waals surface area contributed by atoms with Gasteiger partial charge in [0.25, 0.3) is 0 Å². The molecule has 0 aromatic heterocycles. The van der Waals surface area contributed by atoms with Gasteiger partial charge in [0, 0.05) is 22.2 Å². The minimum absolute atomic E-state index is 0.0563. The third-order valence-electron chi connectivity index (χ3n) is 3.74. The summed E-state index contributed by atoms with van der Waals surface area (Å²) in [6, 6.07) is 7.32. The largest absolute Gasteiger partial charge is 0.294 e. The molecule has 104 valence electrons. The van der Waals surface area contributed by atoms with Crippen molar-refractivity contribution in [2.24, 2.45) is 5.92 Å². The molecule has 0 heterocycles. The van der Waals surface area contributed by atoms with Crippen molar-refractivity contribution in [1.29, 1.82) is 0 Å². The lowest BCUT2D eigenvalue weighted by Crippen LogP contribution is -2.31. The van der Waals surface area contributed by atoms with Crippen LogP contribution >= 0.6 is 15.9 Å². The van der Waals surface area contributed by atoms with Crippen LogP contribution in [0.3, 0.4) is 0 Å². The van der Waals surface area contributed by atoms with E-state index in [0.717, 1.165) is 17.3 Å². The first kappa shape index (κ1) is 14.7. The molecule has 19 heavy (non-hydrogen) atoms. The molecule has 0 bridgehead atoms. The van der Waals surface area contributed by atoms with E-state index in [-0.39, 0.29) is 17.0 Å². The van der Waals surface area contributed by atoms with E-state index in [1.54, 1.807) is 6.07 Å². The zero-order valence-electron chi connectivity index (χ0n) is 10.8. The minimum atomic E-state index is -3.05. The van der Waals surface area contributed by atoms with Crippen molar-refractivity contribution in [2.75, 3.05) is 6.26 Å². The van der Waals surface area contributed by atoms with Gasteiger partial charge in [-0.2, -0.15) is 0 Å². The van der Waals surface area contributed by atoms with Crippen LogP contribution in [0.5, 0.6) is 0 Å². The number of carbonyl (C=O) groups is 1. The molecular weight excluding hydrogens is 328 g/mol. The summed E-state index contributed by atoms with van der Waals surface area (Å²) in [5.74, 6) is -0.118. The minimum Gasteiger partial charge on any atom is -0.294 e. The Morgan fingerprint density at radius 2 is 1.95 bits per heavy atom. The lowest BCUT2D eigenvalue weighted by Gasteiger charge is -2.27. The summed E-state index contributed by atoms with van der Waals surface area (Å²) in [6.07, 6.45) is 3.99. The number of rotatable bonds is 3. The Bertz CT molecular complexity index is 580. The highest BCUT2D eigenvalue weighted by Crippen LogP contribution is 2.32. The summed E-state index contributed by atoms with van der Waals surface area (Å²) >= 11 is 3.38. The van der Waals surface area contributed by atoms with Gasteiger partial charge in [0.15, 0.2) is 5.78 Å². The topological polar surface area (TPSA) is 51.2 Å². The SMILES string of the molecule is CS(=O)(=O)C1CCCC(C(=O)c2ccccc2Br)C1. The van der Waals surface area contributed by atoms with E-state index in [4.69, 9.17) is 0 Å². The number of Topliss-reactive ketones (excluding diaryl/α,β-unsaturated/α-hetero) is 1. The van der Waals surface area contributed by atoms with Crippen LogP contribution in [0.4, 0.5) is 0 Å². The van der Waals surface area contributed by atoms with Gasteiger partial charge in [-0.1, -0.05) is 40.5 Å². The van der Waals surface area contributed by atoms with Crippen LogP contribution < -0.4 is 0 Å². The molecule has 0 amide bonds. The number of halogens is 1. The molecule has 3 nitrogen and oxygen atoms in total. The summed E-state index contributed by atoms with van der Waals surface area (Å²) < 4.78 is 24.1. The lowest BCUT2D eigenvalue weighted by molar-refractivity contribution is 0.0890. The van der Waals surface area contributed by atoms with E-state index in [1.165, 1.54) is 6.26 Å². The van der Waals surface area contributed by atoms with Gasteiger partial charge in [-0.05, 0) is 25.3 Å². The van der Waals surface area contributed by atoms with Crippen LogP contribution in [0.1, 0.15) is 36.0 Å². The molecule has 0 N–H and O–H groups in total. The van der Waals surface area contributed by atoms with Crippen molar-refractivity contribution < 1.29 is 13.2 Å². The average Bonchev–Trinajstić information content (AvgIpc) is 2.38. The van der Waals surface area contributed by atoms with Crippen LogP contribution in [0, 0.1) is 5.92 Å². The number of hydrogen-bond acceptors (Lipinski definition) is 3. The van der Waals surface area contributed by atoms with Gasteiger partial charge in [0.1, 0.15) is 9.84 Å². The third kappa shape index (κ3) is 3.45. The van der Waals surface area contributed by atoms with Crippen molar-refractivity contribution in [3.8, 4) is 0 Å². The Labute approximate surface area is 122 Å². The highest BCUT2D eigenvalue weighted by atomic mass is 79.9. The summed E-state index contributed by atoms with van der Waals surface area (Å²) in [4.78, 5) is 12.5. The second-order valence-electron chi connectivity index (χ2n) is 5.16. The van der Waals surface area contributed by atoms with Crippen LogP contribution in [0.25, 0.3) is 0 Å². The fourth-order valence-electron chi connectivity index (χ4n) is 2.65. The maximum atomic E-state index is 12.5. The Balaban J connectivity index is 2.19. The number of benzene rings is 1. The van der Waals surface area contributed by atoms with Crippen molar-refractivity contribution in [3.05, 3.63) is 34.3 Å². The second-order valence-corrected chi connectivity index (χ2v) is 8.34. The summed E-state index contributed by atoms with van der Waals surface area (Å²) in [6.45, 7) is 0. The third-order valence-corrected chi connectivity index (χ3v) is 6.07. The molecule has 0 aliphatic heterocycles. The normalized spacial score (nSPS) is 24.1. The zero-order chi connectivity index (χ0) is 14.0. The first-order valence-electron chi connectivity index (χ1n) is 6.37. The standard InChI is InChI=1S/C14H17BrO3S/c1-19(17,18)11-6-4-5-10(9-11)14(16)12-7-2-3-8-13(12)15/h2-3,7-8,10-11H,4-6,9H2,1H3. The molecule has 2 atom stereocenters. The molecule has 1 aliphatic carbocycles. The molecule has 1 aromatic carbocycles. The Hall–Kier alpha value is -0.680. The summed E-state index contributed by atoms with van der Waals surface area (Å²) in [7, 11) is -3.05. The number of sulfone groups is 1. The highest BCUT2D eigenvalue weighted by molar-refractivity contribution is 9.10. The molecule has 1 fully saturated rings. The number of carbonyl (C=O) groups excluding carboxylic acids is 1. The van der Waals surface area contributed by atoms with Crippen LogP contribution in [0.2, 0.25) is 0 Å². The van der Waals surface area contributed by atoms with Gasteiger partial charge >= 0.3 is 0 Å². The molecule has 0 saturated heterocycles. The van der Waals surface area contributed by atoms with E-state index in [9.17, 15) is 13.2 Å². The number of ketones is 1. The van der Waals surface area contributed by atoms with E-state index in [0.29, 0.717) is 18.4 Å². The molecule has 2 rings (SSSR count). The fourth-order valence-corrected chi connectivity index (χ4v) is 4.31. The Morgan fingerprint density at radius 1 is 1.26 bits per heavy atom. The van der Waals surface area contributed by atoms with Gasteiger partial charge in [0.2, 0.25) is 0 Å². The van der Waals surface area contributed by atoms with Crippen LogP contribution in [-0.2, 0) is 9.84 Å².